The molecule has 39 heteroatoms. The molecule has 0 heterocycles. The van der Waals surface area contributed by atoms with Crippen LogP contribution in [0.15, 0.2) is 193 Å². The standard InChI is InChI=1S/H3N39/c1-3-5-7-9-11-13-15-17-19-21-23-25-27-29-31-33-35-37-39-38-36-34-32-30-28-26-24-22-20-18-16-14-12-10-8-6-4-2/h(H3,1,2,5,6,9,10,13,14,17,18,21,22,25,26,29,30,33,34,37,38). The highest BCUT2D eigenvalue weighted by atomic mass is 15.7. The second-order valence-electron chi connectivity index (χ2n) is 3.35. The van der Waals surface area contributed by atoms with Crippen LogP contribution in [0.2, 0.25) is 0 Å². The molecule has 0 aliphatic carbocycles. The van der Waals surface area contributed by atoms with E-state index in [0.29, 0.717) is 0 Å². The Balaban J connectivity index is 4.01. The van der Waals surface area contributed by atoms with Gasteiger partial charge in [-0.15, -0.1) is 0 Å². The summed E-state index contributed by atoms with van der Waals surface area (Å²) in [4.78, 5) is 0. The molecule has 0 saturated heterocycles. The molecule has 0 aromatic heterocycles. The van der Waals surface area contributed by atoms with Crippen LogP contribution >= 0.6 is 0 Å². The smallest absolute Gasteiger partial charge is 0 e. The summed E-state index contributed by atoms with van der Waals surface area (Å²) < 4.78 is 0. The van der Waals surface area contributed by atoms with E-state index in [9.17, 15) is 0 Å². The molecular formula is H3N39. The van der Waals surface area contributed by atoms with Gasteiger partial charge in [-0.05, 0) is 78.3 Å². The van der Waals surface area contributed by atoms with E-state index >= 15 is 0 Å². The largest absolute Gasteiger partial charge is 0.303 e. The zero-order valence-corrected chi connectivity index (χ0v) is 17.6. The van der Waals surface area contributed by atoms with E-state index in [-0.39, 0.29) is 0 Å². The van der Waals surface area contributed by atoms with Gasteiger partial charge in [-0.25, -0.2) is 0 Å². The average Bonchev–Trinajstić information content (AvgIpc) is 2.95. The van der Waals surface area contributed by atoms with Crippen molar-refractivity contribution in [3.05, 3.63) is 0 Å². The van der Waals surface area contributed by atoms with Gasteiger partial charge in [0.05, 0.1) is 0 Å². The van der Waals surface area contributed by atoms with Crippen LogP contribution < -0.4 is 5.84 Å². The van der Waals surface area contributed by atoms with Gasteiger partial charge in [0, 0.05) is 110 Å². The highest BCUT2D eigenvalue weighted by Crippen LogP contribution is 1.92. The van der Waals surface area contributed by atoms with Crippen molar-refractivity contribution >= 4 is 0 Å². The number of rotatable bonds is 18. The van der Waals surface area contributed by atoms with Crippen molar-refractivity contribution in [3.63, 3.8) is 0 Å². The number of nitrogens with zero attached hydrogens (tertiary/aromatic N) is 37. The summed E-state index contributed by atoms with van der Waals surface area (Å²) in [7, 11) is 0. The van der Waals surface area contributed by atoms with Crippen LogP contribution in [0.3, 0.4) is 0 Å². The summed E-state index contributed by atoms with van der Waals surface area (Å²) in [6, 6.07) is 0. The monoisotopic (exact) mass is 549 g/mol. The molecule has 0 saturated carbocycles. The number of nitrogens with one attached hydrogen (secondary N) is 1. The molecule has 0 amide bonds. The summed E-state index contributed by atoms with van der Waals surface area (Å²) in [5, 5.41) is 109. The molecule has 0 fully saturated rings. The Hall–Kier alpha value is -7.80. The van der Waals surface area contributed by atoms with Gasteiger partial charge in [-0.2, -0.15) is 5.53 Å². The first kappa shape index (κ1) is 31.2. The fourth-order valence-corrected chi connectivity index (χ4v) is 0.633. The molecule has 3 N–H and O–H groups in total. The maximum Gasteiger partial charge on any atom is 0 e. The fourth-order valence-electron chi connectivity index (χ4n) is 0.633. The first-order chi connectivity index (χ1) is 19.4. The van der Waals surface area contributed by atoms with Gasteiger partial charge in [0.1, 0.15) is 0 Å². The average molecular weight is 549 g/mol. The quantitative estimate of drug-likeness (QED) is 0.108. The molecule has 0 aliphatic rings. The molecule has 0 radical (unpaired) electrons. The summed E-state index contributed by atoms with van der Waals surface area (Å²) in [5.74, 6) is 4.62. The molecular weight excluding hydrogens is 546 g/mol. The molecule has 0 bridgehead atoms. The SMILES string of the molecule is N=N/N=N/N=N/N=N/N=N/N=N/N=N/N=N/N=N/N=N/N=N/N=N/N=N/N=N/N=N/N=N/N=N/N=N/N=N/N. The molecule has 0 aromatic rings. The highest BCUT2D eigenvalue weighted by molar-refractivity contribution is 4.16. The van der Waals surface area contributed by atoms with Gasteiger partial charge in [0.25, 0.3) is 0 Å². The Kier molecular flexibility index (Phi) is 24.2. The minimum absolute atomic E-state index is 2.50. The van der Waals surface area contributed by atoms with E-state index in [1.807, 2.05) is 0 Å². The van der Waals surface area contributed by atoms with Crippen LogP contribution in [0.5, 0.6) is 0 Å². The predicted molar refractivity (Wildman–Crippen MR) is 96.7 cm³/mol. The molecule has 198 valence electrons. The van der Waals surface area contributed by atoms with Crippen molar-refractivity contribution < 1.29 is 0 Å². The number of hydrogen-bond donors (Lipinski definition) is 2. The Morgan fingerprint density at radius 2 is 0.333 bits per heavy atom. The van der Waals surface area contributed by atoms with Gasteiger partial charge in [-0.3, -0.25) is 0 Å². The first-order valence-corrected chi connectivity index (χ1v) is 7.68. The van der Waals surface area contributed by atoms with Gasteiger partial charge in [-0.1, -0.05) is 5.22 Å². The maximum atomic E-state index is 6.24. The first-order valence-electron chi connectivity index (χ1n) is 7.68. The van der Waals surface area contributed by atoms with E-state index in [1.54, 1.807) is 0 Å². The minimum Gasteiger partial charge on any atom is -0.303 e. The third-order valence-corrected chi connectivity index (χ3v) is 1.46. The lowest BCUT2D eigenvalue weighted by molar-refractivity contribution is 0.727. The second kappa shape index (κ2) is 30.2. The van der Waals surface area contributed by atoms with Crippen molar-refractivity contribution in [2.45, 2.75) is 0 Å². The number of hydrogen-bond acceptors (Lipinski definition) is 2. The minimum atomic E-state index is 2.50. The summed E-state index contributed by atoms with van der Waals surface area (Å²) in [6.07, 6.45) is 0. The van der Waals surface area contributed by atoms with E-state index in [2.05, 4.69) is 199 Å². The van der Waals surface area contributed by atoms with E-state index in [1.165, 1.54) is 0 Å². The third-order valence-electron chi connectivity index (χ3n) is 1.46. The van der Waals surface area contributed by atoms with Crippen LogP contribution in [-0.2, 0) is 0 Å². The maximum absolute atomic E-state index is 6.24. The number of nitrogens with two attached hydrogens (primary N) is 1. The van der Waals surface area contributed by atoms with E-state index in [0.717, 1.165) is 0 Å². The Morgan fingerprint density at radius 1 is 0.205 bits per heavy atom. The highest BCUT2D eigenvalue weighted by Gasteiger charge is 1.73. The fraction of sp³-hybridized carbons (Fsp3) is 0. The molecule has 0 aliphatic heterocycles. The summed E-state index contributed by atoms with van der Waals surface area (Å²) in [6.45, 7) is 0. The zero-order valence-electron chi connectivity index (χ0n) is 17.6. The molecule has 39 nitrogen and oxygen atoms in total. The summed E-state index contributed by atoms with van der Waals surface area (Å²) >= 11 is 0. The lowest BCUT2D eigenvalue weighted by atomic mass is 12.3. The van der Waals surface area contributed by atoms with Crippen molar-refractivity contribution in [2.24, 2.45) is 199 Å². The lowest BCUT2D eigenvalue weighted by Gasteiger charge is -1.70. The Morgan fingerprint density at radius 3 is 0.462 bits per heavy atom. The van der Waals surface area contributed by atoms with E-state index < -0.39 is 0 Å². The van der Waals surface area contributed by atoms with Gasteiger partial charge in [0.2, 0.25) is 0 Å². The molecule has 0 aromatic carbocycles. The van der Waals surface area contributed by atoms with Gasteiger partial charge < -0.3 is 5.84 Å². The lowest BCUT2D eigenvalue weighted by Crippen LogP contribution is -1.70. The Bertz CT molecular complexity index is 1140. The van der Waals surface area contributed by atoms with E-state index in [4.69, 9.17) is 5.53 Å². The van der Waals surface area contributed by atoms with Crippen LogP contribution in [0.1, 0.15) is 0 Å². The third kappa shape index (κ3) is 30.2. The Labute approximate surface area is 205 Å². The zero-order chi connectivity index (χ0) is 28.2. The predicted octanol–water partition coefficient (Wildman–Crippen LogP) is 6.50. The van der Waals surface area contributed by atoms with Crippen molar-refractivity contribution in [1.29, 1.82) is 5.53 Å². The normalized spacial score (nSPS) is 15.1. The molecule has 0 unspecified atom stereocenters. The van der Waals surface area contributed by atoms with Crippen molar-refractivity contribution in [2.75, 3.05) is 0 Å². The van der Waals surface area contributed by atoms with Crippen LogP contribution in [0.25, 0.3) is 0 Å². The topological polar surface area (TPSA) is 507 Å². The van der Waals surface area contributed by atoms with Crippen molar-refractivity contribution in [1.82, 2.24) is 0 Å². The van der Waals surface area contributed by atoms with Crippen LogP contribution in [-0.4, -0.2) is 0 Å². The van der Waals surface area contributed by atoms with Crippen LogP contribution in [0, 0.1) is 5.53 Å². The second-order valence-corrected chi connectivity index (χ2v) is 3.35. The molecule has 0 atom stereocenters. The summed E-state index contributed by atoms with van der Waals surface area (Å²) in [5.41, 5.74) is 6.24. The van der Waals surface area contributed by atoms with Gasteiger partial charge in [0.15, 0.2) is 0 Å². The molecule has 39 heavy (non-hydrogen) atoms. The van der Waals surface area contributed by atoms with Crippen LogP contribution in [0.4, 0.5) is 0 Å². The molecule has 0 rings (SSSR count). The van der Waals surface area contributed by atoms with Gasteiger partial charge >= 0.3 is 0 Å². The van der Waals surface area contributed by atoms with Crippen molar-refractivity contribution in [3.8, 4) is 0 Å². The molecule has 0 spiro atoms.